The third kappa shape index (κ3) is 9.02. The molecule has 36 heavy (non-hydrogen) atoms. The summed E-state index contributed by atoms with van der Waals surface area (Å²) in [5, 5.41) is 15.3. The van der Waals surface area contributed by atoms with E-state index < -0.39 is 41.6 Å². The van der Waals surface area contributed by atoms with Crippen LogP contribution in [0.4, 0.5) is 0 Å². The molecule has 0 saturated carbocycles. The van der Waals surface area contributed by atoms with E-state index in [0.29, 0.717) is 19.4 Å². The number of ketones is 1. The number of epoxide rings is 1. The van der Waals surface area contributed by atoms with Crippen molar-refractivity contribution in [3.05, 3.63) is 35.9 Å². The molecular weight excluding hydrogens is 460 g/mol. The minimum absolute atomic E-state index is 0.0954. The van der Waals surface area contributed by atoms with Gasteiger partial charge in [-0.3, -0.25) is 19.4 Å². The molecule has 0 aliphatic carbocycles. The maximum Gasteiger partial charge on any atom is 0.249 e. The Hall–Kier alpha value is -2.78. The van der Waals surface area contributed by atoms with Gasteiger partial charge in [0.25, 0.3) is 0 Å². The summed E-state index contributed by atoms with van der Waals surface area (Å²) in [4.78, 5) is 43.3. The fourth-order valence-corrected chi connectivity index (χ4v) is 3.91. The van der Waals surface area contributed by atoms with Gasteiger partial charge in [0.05, 0.1) is 18.7 Å². The summed E-state index contributed by atoms with van der Waals surface area (Å²) in [7, 11) is 0. The number of amidine groups is 1. The smallest absolute Gasteiger partial charge is 0.249 e. The molecule has 0 bridgehead atoms. The number of rotatable bonds is 14. The van der Waals surface area contributed by atoms with E-state index in [-0.39, 0.29) is 29.9 Å². The van der Waals surface area contributed by atoms with Gasteiger partial charge in [-0.15, -0.1) is 0 Å². The minimum atomic E-state index is -1.20. The summed E-state index contributed by atoms with van der Waals surface area (Å²) in [5.41, 5.74) is 6.36. The van der Waals surface area contributed by atoms with Crippen molar-refractivity contribution in [1.82, 2.24) is 10.6 Å². The molecule has 2 amide bonds. The summed E-state index contributed by atoms with van der Waals surface area (Å²) >= 11 is 0. The summed E-state index contributed by atoms with van der Waals surface area (Å²) in [5.74, 6) is -0.696. The Kier molecular flexibility index (Phi) is 10.6. The highest BCUT2D eigenvalue weighted by molar-refractivity contribution is 5.98. The van der Waals surface area contributed by atoms with E-state index in [9.17, 15) is 19.5 Å². The van der Waals surface area contributed by atoms with Crippen molar-refractivity contribution in [2.45, 2.75) is 90.6 Å². The molecule has 1 saturated heterocycles. The van der Waals surface area contributed by atoms with Crippen LogP contribution in [0.25, 0.3) is 0 Å². The molecule has 0 unspecified atom stereocenters. The number of hydrogen-bond acceptors (Lipinski definition) is 6. The molecule has 1 heterocycles. The Bertz CT molecular complexity index is 925. The van der Waals surface area contributed by atoms with Crippen molar-refractivity contribution in [3.63, 3.8) is 0 Å². The lowest BCUT2D eigenvalue weighted by molar-refractivity contribution is -0.131. The van der Waals surface area contributed by atoms with Crippen LogP contribution >= 0.6 is 0 Å². The molecule has 1 aliphatic heterocycles. The van der Waals surface area contributed by atoms with Crippen LogP contribution in [0.5, 0.6) is 0 Å². The first-order chi connectivity index (χ1) is 16.8. The van der Waals surface area contributed by atoms with E-state index in [4.69, 9.17) is 10.5 Å². The van der Waals surface area contributed by atoms with Gasteiger partial charge in [-0.25, -0.2) is 0 Å². The van der Waals surface area contributed by atoms with Gasteiger partial charge in [-0.05, 0) is 44.1 Å². The molecule has 2 rings (SSSR count). The second kappa shape index (κ2) is 13.0. The van der Waals surface area contributed by atoms with Crippen molar-refractivity contribution in [3.8, 4) is 0 Å². The maximum atomic E-state index is 13.5. The molecule has 9 heteroatoms. The number of benzene rings is 1. The first-order valence-corrected chi connectivity index (χ1v) is 12.7. The normalized spacial score (nSPS) is 21.0. The van der Waals surface area contributed by atoms with Crippen LogP contribution in [0.2, 0.25) is 0 Å². The highest BCUT2D eigenvalue weighted by atomic mass is 16.6. The zero-order chi connectivity index (χ0) is 27.0. The minimum Gasteiger partial charge on any atom is -0.386 e. The number of carbonyl (C=O) groups is 3. The Labute approximate surface area is 214 Å². The summed E-state index contributed by atoms with van der Waals surface area (Å²) in [6.45, 7) is 11.4. The van der Waals surface area contributed by atoms with Gasteiger partial charge in [0.1, 0.15) is 23.6 Å². The predicted octanol–water partition coefficient (Wildman–Crippen LogP) is 1.76. The van der Waals surface area contributed by atoms with Gasteiger partial charge >= 0.3 is 0 Å². The van der Waals surface area contributed by atoms with Crippen molar-refractivity contribution in [1.29, 1.82) is 0 Å². The third-order valence-corrected chi connectivity index (χ3v) is 6.08. The second-order valence-corrected chi connectivity index (χ2v) is 10.7. The molecule has 1 aliphatic rings. The molecule has 1 aromatic carbocycles. The predicted molar refractivity (Wildman–Crippen MR) is 139 cm³/mol. The van der Waals surface area contributed by atoms with Crippen LogP contribution < -0.4 is 16.4 Å². The van der Waals surface area contributed by atoms with Gasteiger partial charge in [0.15, 0.2) is 5.78 Å². The number of ether oxygens (including phenoxy) is 1. The number of aliphatic hydroxyl groups is 1. The lowest BCUT2D eigenvalue weighted by Crippen LogP contribution is -2.51. The first kappa shape index (κ1) is 29.5. The molecular formula is C27H42N4O5. The van der Waals surface area contributed by atoms with Crippen molar-refractivity contribution in [2.24, 2.45) is 22.6 Å². The van der Waals surface area contributed by atoms with E-state index >= 15 is 0 Å². The Morgan fingerprint density at radius 1 is 1.00 bits per heavy atom. The fraction of sp³-hybridized carbons (Fsp3) is 0.630. The Balaban J connectivity index is 2.34. The molecule has 9 nitrogen and oxygen atoms in total. The largest absolute Gasteiger partial charge is 0.386 e. The van der Waals surface area contributed by atoms with E-state index in [2.05, 4.69) is 15.6 Å². The van der Waals surface area contributed by atoms with Gasteiger partial charge in [0.2, 0.25) is 11.8 Å². The monoisotopic (exact) mass is 502 g/mol. The molecule has 0 spiro atoms. The number of carbonyl (C=O) groups excluding carboxylic acids is 3. The lowest BCUT2D eigenvalue weighted by atomic mass is 9.93. The SMILES string of the molecule is CC(C)C[C@H](NC(=O)[C@H](Cc1ccccc1)N=C(N)[C@H](CC(C)C)NC(=O)[C@H](C)O)C(=O)[C@@]1(C)CO1. The van der Waals surface area contributed by atoms with Crippen LogP contribution in [0, 0.1) is 11.8 Å². The van der Waals surface area contributed by atoms with Crippen LogP contribution in [0.15, 0.2) is 35.3 Å². The standard InChI is InChI=1S/C27H42N4O5/c1-16(2)12-20(23(33)27(6)15-36-27)30-26(35)22(14-19-10-8-7-9-11-19)29-24(28)21(13-17(3)4)31-25(34)18(5)32/h7-11,16-18,20-22,32H,12-15H2,1-6H3,(H2,28,29)(H,30,35)(H,31,34)/t18-,20-,21-,22-,27+/m0/s1. The number of hydrogen-bond donors (Lipinski definition) is 4. The topological polar surface area (TPSA) is 146 Å². The van der Waals surface area contributed by atoms with Gasteiger partial charge in [0, 0.05) is 6.42 Å². The quantitative estimate of drug-likeness (QED) is 0.173. The summed E-state index contributed by atoms with van der Waals surface area (Å²) < 4.78 is 5.34. The zero-order valence-electron chi connectivity index (χ0n) is 22.3. The van der Waals surface area contributed by atoms with Gasteiger partial charge < -0.3 is 26.2 Å². The molecule has 5 atom stereocenters. The number of amides is 2. The lowest BCUT2D eigenvalue weighted by Gasteiger charge is -2.25. The van der Waals surface area contributed by atoms with E-state index in [1.807, 2.05) is 58.0 Å². The van der Waals surface area contributed by atoms with E-state index in [1.165, 1.54) is 6.92 Å². The number of Topliss-reactive ketones (excluding diaryl/α,β-unsaturated/α-hetero) is 1. The van der Waals surface area contributed by atoms with Crippen LogP contribution in [-0.4, -0.2) is 65.0 Å². The van der Waals surface area contributed by atoms with Crippen molar-refractivity contribution in [2.75, 3.05) is 6.61 Å². The highest BCUT2D eigenvalue weighted by Crippen LogP contribution is 2.29. The second-order valence-electron chi connectivity index (χ2n) is 10.7. The summed E-state index contributed by atoms with van der Waals surface area (Å²) in [6.07, 6.45) is 0.0195. The molecule has 1 aromatic rings. The van der Waals surface area contributed by atoms with Gasteiger partial charge in [-0.1, -0.05) is 58.0 Å². The number of nitrogens with zero attached hydrogens (tertiary/aromatic N) is 1. The highest BCUT2D eigenvalue weighted by Gasteiger charge is 2.50. The van der Waals surface area contributed by atoms with Crippen LogP contribution in [0.3, 0.4) is 0 Å². The fourth-order valence-electron chi connectivity index (χ4n) is 3.91. The average Bonchev–Trinajstić information content (AvgIpc) is 3.55. The maximum absolute atomic E-state index is 13.5. The molecule has 1 fully saturated rings. The van der Waals surface area contributed by atoms with E-state index in [0.717, 1.165) is 5.56 Å². The first-order valence-electron chi connectivity index (χ1n) is 12.7. The summed E-state index contributed by atoms with van der Waals surface area (Å²) in [6, 6.07) is 7.14. The number of nitrogens with one attached hydrogen (secondary N) is 2. The Morgan fingerprint density at radius 2 is 1.53 bits per heavy atom. The number of nitrogens with two attached hydrogens (primary N) is 1. The molecule has 200 valence electrons. The van der Waals surface area contributed by atoms with Crippen LogP contribution in [0.1, 0.15) is 59.9 Å². The van der Waals surface area contributed by atoms with Gasteiger partial charge in [-0.2, -0.15) is 0 Å². The molecule has 0 aromatic heterocycles. The average molecular weight is 503 g/mol. The van der Waals surface area contributed by atoms with Crippen LogP contribution in [-0.2, 0) is 25.5 Å². The third-order valence-electron chi connectivity index (χ3n) is 6.08. The van der Waals surface area contributed by atoms with Crippen molar-refractivity contribution < 1.29 is 24.2 Å². The molecule has 5 N–H and O–H groups in total. The number of aliphatic imine (C=N–C) groups is 1. The molecule has 0 radical (unpaired) electrons. The Morgan fingerprint density at radius 3 is 2.03 bits per heavy atom. The van der Waals surface area contributed by atoms with E-state index in [1.54, 1.807) is 6.92 Å². The number of aliphatic hydroxyl groups excluding tert-OH is 1. The van der Waals surface area contributed by atoms with Crippen molar-refractivity contribution >= 4 is 23.4 Å². The zero-order valence-corrected chi connectivity index (χ0v) is 22.3.